The molecule has 0 amide bonds. The van der Waals surface area contributed by atoms with Crippen LogP contribution in [0.5, 0.6) is 11.5 Å². The van der Waals surface area contributed by atoms with Crippen molar-refractivity contribution in [1.82, 2.24) is 14.1 Å². The number of ether oxygens (including phenoxy) is 2. The number of benzene rings is 1. The molecule has 1 unspecified atom stereocenters. The maximum absolute atomic E-state index is 13.2. The fourth-order valence-corrected chi connectivity index (χ4v) is 5.28. The lowest BCUT2D eigenvalue weighted by Gasteiger charge is -2.20. The van der Waals surface area contributed by atoms with Gasteiger partial charge in [-0.05, 0) is 25.4 Å². The highest BCUT2D eigenvalue weighted by Crippen LogP contribution is 2.44. The number of rotatable bonds is 4. The molecule has 1 aromatic carbocycles. The van der Waals surface area contributed by atoms with Crippen LogP contribution in [0.2, 0.25) is 5.28 Å². The van der Waals surface area contributed by atoms with Crippen LogP contribution < -0.4 is 9.47 Å². The summed E-state index contributed by atoms with van der Waals surface area (Å²) < 4.78 is 44.1. The summed E-state index contributed by atoms with van der Waals surface area (Å²) in [6, 6.07) is 3.15. The summed E-state index contributed by atoms with van der Waals surface area (Å²) in [6.07, 6.45) is 2.14. The number of aromatic nitrogens is 3. The van der Waals surface area contributed by atoms with E-state index in [2.05, 4.69) is 16.7 Å². The number of imidazole rings is 1. The second-order valence-corrected chi connectivity index (χ2v) is 8.48. The first-order chi connectivity index (χ1) is 12.7. The van der Waals surface area contributed by atoms with Crippen LogP contribution in [0.3, 0.4) is 0 Å². The smallest absolute Gasteiger partial charge is 0.276 e. The molecule has 27 heavy (non-hydrogen) atoms. The molecule has 142 valence electrons. The topological polar surface area (TPSA) is 96.5 Å². The third-order valence-electron chi connectivity index (χ3n) is 4.27. The van der Waals surface area contributed by atoms with E-state index < -0.39 is 15.8 Å². The molecular weight excluding hydrogens is 394 g/mol. The Hall–Kier alpha value is -2.52. The van der Waals surface area contributed by atoms with Gasteiger partial charge in [-0.1, -0.05) is 11.2 Å². The number of nitrogens with zero attached hydrogens (tertiary/aromatic N) is 3. The van der Waals surface area contributed by atoms with Crippen molar-refractivity contribution in [2.24, 2.45) is 0 Å². The van der Waals surface area contributed by atoms with Gasteiger partial charge in [0.05, 0.1) is 11.0 Å². The van der Waals surface area contributed by atoms with Crippen LogP contribution in [0.1, 0.15) is 24.8 Å². The number of aryl methyl sites for hydroxylation is 2. The van der Waals surface area contributed by atoms with Gasteiger partial charge in [-0.3, -0.25) is 0 Å². The predicted molar refractivity (Wildman–Crippen MR) is 97.8 cm³/mol. The molecule has 0 bridgehead atoms. The fourth-order valence-electron chi connectivity index (χ4n) is 3.19. The maximum atomic E-state index is 13.2. The van der Waals surface area contributed by atoms with Crippen molar-refractivity contribution in [2.75, 3.05) is 0 Å². The molecule has 4 rings (SSSR count). The first-order valence-electron chi connectivity index (χ1n) is 8.05. The summed E-state index contributed by atoms with van der Waals surface area (Å²) in [7, 11) is -4.07. The van der Waals surface area contributed by atoms with Crippen molar-refractivity contribution in [1.29, 1.82) is 0 Å². The standard InChI is InChI=1S/C17H16ClN3O5S/c1-5-6-17(4)24-13-7-11-12(8-14(13)25-17)21(16(18)19-11)27(22,23)15-9(2)20-26-10(15)3/h5,7-8H,1,6H2,2-4H3. The maximum Gasteiger partial charge on any atom is 0.276 e. The Morgan fingerprint density at radius 2 is 1.96 bits per heavy atom. The highest BCUT2D eigenvalue weighted by Gasteiger charge is 2.37. The molecule has 0 saturated carbocycles. The Kier molecular flexibility index (Phi) is 3.80. The highest BCUT2D eigenvalue weighted by molar-refractivity contribution is 7.90. The van der Waals surface area contributed by atoms with Crippen molar-refractivity contribution >= 4 is 32.7 Å². The molecular formula is C17H16ClN3O5S. The lowest BCUT2D eigenvalue weighted by molar-refractivity contribution is -0.0580. The van der Waals surface area contributed by atoms with Crippen LogP contribution in [0.4, 0.5) is 0 Å². The van der Waals surface area contributed by atoms with Gasteiger partial charge in [-0.15, -0.1) is 6.58 Å². The summed E-state index contributed by atoms with van der Waals surface area (Å²) in [5.74, 6) is 0.129. The lowest BCUT2D eigenvalue weighted by atomic mass is 10.2. The first-order valence-corrected chi connectivity index (χ1v) is 9.87. The van der Waals surface area contributed by atoms with Gasteiger partial charge in [0.2, 0.25) is 5.28 Å². The van der Waals surface area contributed by atoms with E-state index in [0.717, 1.165) is 3.97 Å². The average molecular weight is 410 g/mol. The molecule has 1 atom stereocenters. The number of hydrogen-bond donors (Lipinski definition) is 0. The summed E-state index contributed by atoms with van der Waals surface area (Å²) in [4.78, 5) is 4.12. The quantitative estimate of drug-likeness (QED) is 0.607. The molecule has 1 aliphatic rings. The predicted octanol–water partition coefficient (Wildman–Crippen LogP) is 3.60. The van der Waals surface area contributed by atoms with Crippen molar-refractivity contribution in [3.8, 4) is 11.5 Å². The van der Waals surface area contributed by atoms with Crippen molar-refractivity contribution in [3.05, 3.63) is 41.5 Å². The van der Waals surface area contributed by atoms with E-state index >= 15 is 0 Å². The van der Waals surface area contributed by atoms with Gasteiger partial charge in [0.25, 0.3) is 15.8 Å². The zero-order chi connectivity index (χ0) is 19.6. The third-order valence-corrected chi connectivity index (χ3v) is 6.58. The van der Waals surface area contributed by atoms with E-state index in [4.69, 9.17) is 25.6 Å². The summed E-state index contributed by atoms with van der Waals surface area (Å²) in [5, 5.41) is 3.51. The number of fused-ring (bicyclic) bond motifs is 2. The Balaban J connectivity index is 1.92. The summed E-state index contributed by atoms with van der Waals surface area (Å²) >= 11 is 6.17. The van der Waals surface area contributed by atoms with Crippen molar-refractivity contribution in [3.63, 3.8) is 0 Å². The van der Waals surface area contributed by atoms with Crippen LogP contribution in [-0.2, 0) is 10.0 Å². The van der Waals surface area contributed by atoms with Gasteiger partial charge in [-0.2, -0.15) is 0 Å². The molecule has 0 fully saturated rings. The van der Waals surface area contributed by atoms with Gasteiger partial charge in [-0.25, -0.2) is 17.4 Å². The van der Waals surface area contributed by atoms with Gasteiger partial charge in [0.15, 0.2) is 22.2 Å². The van der Waals surface area contributed by atoms with E-state index in [-0.39, 0.29) is 27.1 Å². The monoisotopic (exact) mass is 409 g/mol. The molecule has 0 saturated heterocycles. The molecule has 0 N–H and O–H groups in total. The molecule has 2 aromatic heterocycles. The van der Waals surface area contributed by atoms with Crippen LogP contribution in [0.15, 0.2) is 34.2 Å². The van der Waals surface area contributed by atoms with Crippen LogP contribution in [0.25, 0.3) is 11.0 Å². The first kappa shape index (κ1) is 17.9. The van der Waals surface area contributed by atoms with E-state index in [1.165, 1.54) is 6.92 Å². The van der Waals surface area contributed by atoms with Crippen molar-refractivity contribution < 1.29 is 22.4 Å². The molecule has 0 radical (unpaired) electrons. The fraction of sp³-hybridized carbons (Fsp3) is 0.294. The Morgan fingerprint density at radius 1 is 1.30 bits per heavy atom. The molecule has 10 heteroatoms. The van der Waals surface area contributed by atoms with Gasteiger partial charge in [0, 0.05) is 25.5 Å². The van der Waals surface area contributed by atoms with E-state index in [1.807, 2.05) is 0 Å². The minimum atomic E-state index is -4.07. The second-order valence-electron chi connectivity index (χ2n) is 6.42. The minimum Gasteiger partial charge on any atom is -0.448 e. The Labute approximate surface area is 160 Å². The average Bonchev–Trinajstić information content (AvgIpc) is 3.16. The van der Waals surface area contributed by atoms with Crippen LogP contribution in [0, 0.1) is 13.8 Å². The minimum absolute atomic E-state index is 0.0436. The molecule has 0 spiro atoms. The zero-order valence-electron chi connectivity index (χ0n) is 14.8. The second kappa shape index (κ2) is 5.74. The van der Waals surface area contributed by atoms with Crippen LogP contribution in [-0.4, -0.2) is 28.3 Å². The normalized spacial score (nSPS) is 19.0. The summed E-state index contributed by atoms with van der Waals surface area (Å²) in [5.41, 5.74) is 0.871. The highest BCUT2D eigenvalue weighted by atomic mass is 35.5. The molecule has 1 aliphatic heterocycles. The van der Waals surface area contributed by atoms with Gasteiger partial charge < -0.3 is 14.0 Å². The van der Waals surface area contributed by atoms with E-state index in [1.54, 1.807) is 32.1 Å². The number of halogens is 1. The van der Waals surface area contributed by atoms with Gasteiger partial charge in [0.1, 0.15) is 5.69 Å². The molecule has 8 nitrogen and oxygen atoms in total. The Bertz CT molecular complexity index is 1180. The van der Waals surface area contributed by atoms with Crippen LogP contribution >= 0.6 is 11.6 Å². The van der Waals surface area contributed by atoms with Crippen molar-refractivity contribution in [2.45, 2.75) is 37.9 Å². The van der Waals surface area contributed by atoms with E-state index in [9.17, 15) is 8.42 Å². The zero-order valence-corrected chi connectivity index (χ0v) is 16.4. The SMILES string of the molecule is C=CCC1(C)Oc2cc3nc(Cl)n(S(=O)(=O)c4c(C)noc4C)c3cc2O1. The molecule has 3 heterocycles. The number of hydrogen-bond acceptors (Lipinski definition) is 7. The third kappa shape index (κ3) is 2.61. The van der Waals surface area contributed by atoms with E-state index in [0.29, 0.717) is 23.4 Å². The summed E-state index contributed by atoms with van der Waals surface area (Å²) in [6.45, 7) is 8.53. The van der Waals surface area contributed by atoms with Gasteiger partial charge >= 0.3 is 0 Å². The lowest BCUT2D eigenvalue weighted by Crippen LogP contribution is -2.33. The Morgan fingerprint density at radius 3 is 2.56 bits per heavy atom. The largest absolute Gasteiger partial charge is 0.448 e. The molecule has 0 aliphatic carbocycles. The molecule has 3 aromatic rings.